The molecule has 1 rings (SSSR count). The number of carboxylic acid groups (broad SMARTS) is 1. The van der Waals surface area contributed by atoms with Crippen LogP contribution in [0.15, 0.2) is 0 Å². The van der Waals surface area contributed by atoms with Crippen LogP contribution in [0.1, 0.15) is 27.2 Å². The molecular weight excluding hydrogens is 142 g/mol. The fraction of sp³-hybridized carbons (Fsp3) is 0.875. The number of carbonyl (C=O) groups is 1. The molecule has 0 aromatic carbocycles. The van der Waals surface area contributed by atoms with Crippen molar-refractivity contribution in [2.45, 2.75) is 38.8 Å². The van der Waals surface area contributed by atoms with E-state index >= 15 is 0 Å². The summed E-state index contributed by atoms with van der Waals surface area (Å²) in [5.74, 6) is -0.689. The summed E-state index contributed by atoms with van der Waals surface area (Å²) < 4.78 is 0. The molecule has 0 spiro atoms. The molecule has 11 heavy (non-hydrogen) atoms. The Kier molecular flexibility index (Phi) is 1.92. The Hall–Kier alpha value is -0.570. The molecule has 1 unspecified atom stereocenters. The molecule has 1 N–H and O–H groups in total. The minimum Gasteiger partial charge on any atom is -0.480 e. The fourth-order valence-corrected chi connectivity index (χ4v) is 1.45. The zero-order valence-electron chi connectivity index (χ0n) is 7.29. The third kappa shape index (κ3) is 1.53. The number of hydrogen-bond donors (Lipinski definition) is 1. The molecule has 0 amide bonds. The topological polar surface area (TPSA) is 40.5 Å². The zero-order valence-corrected chi connectivity index (χ0v) is 7.29. The van der Waals surface area contributed by atoms with E-state index in [-0.39, 0.29) is 11.6 Å². The van der Waals surface area contributed by atoms with Crippen molar-refractivity contribution in [2.75, 3.05) is 6.54 Å². The maximum Gasteiger partial charge on any atom is 0.320 e. The SMILES string of the molecule is CC(C)(C)N1CCC1C(=O)O. The molecule has 0 saturated carbocycles. The van der Waals surface area contributed by atoms with E-state index in [2.05, 4.69) is 0 Å². The van der Waals surface area contributed by atoms with Gasteiger partial charge in [-0.25, -0.2) is 0 Å². The van der Waals surface area contributed by atoms with Crippen LogP contribution in [0.2, 0.25) is 0 Å². The third-order valence-electron chi connectivity index (χ3n) is 2.17. The minimum absolute atomic E-state index is 0.00130. The zero-order chi connectivity index (χ0) is 8.65. The van der Waals surface area contributed by atoms with Gasteiger partial charge in [-0.1, -0.05) is 0 Å². The second kappa shape index (κ2) is 2.48. The maximum absolute atomic E-state index is 10.6. The fourth-order valence-electron chi connectivity index (χ4n) is 1.45. The van der Waals surface area contributed by atoms with Gasteiger partial charge in [0.1, 0.15) is 6.04 Å². The molecule has 1 aliphatic rings. The van der Waals surface area contributed by atoms with Gasteiger partial charge >= 0.3 is 5.97 Å². The van der Waals surface area contributed by atoms with E-state index in [9.17, 15) is 4.79 Å². The van der Waals surface area contributed by atoms with Crippen molar-refractivity contribution in [1.29, 1.82) is 0 Å². The minimum atomic E-state index is -0.689. The van der Waals surface area contributed by atoms with Gasteiger partial charge in [-0.2, -0.15) is 0 Å². The molecule has 1 atom stereocenters. The first-order valence-corrected chi connectivity index (χ1v) is 3.92. The Balaban J connectivity index is 2.57. The Bertz CT molecular complexity index is 171. The number of carboxylic acids is 1. The molecule has 3 heteroatoms. The van der Waals surface area contributed by atoms with Gasteiger partial charge in [0.2, 0.25) is 0 Å². The highest BCUT2D eigenvalue weighted by atomic mass is 16.4. The predicted molar refractivity (Wildman–Crippen MR) is 42.5 cm³/mol. The lowest BCUT2D eigenvalue weighted by Gasteiger charge is -2.47. The summed E-state index contributed by atoms with van der Waals surface area (Å²) >= 11 is 0. The molecule has 1 saturated heterocycles. The Morgan fingerprint density at radius 1 is 1.55 bits per heavy atom. The van der Waals surface area contributed by atoms with Crippen molar-refractivity contribution in [3.8, 4) is 0 Å². The maximum atomic E-state index is 10.6. The molecule has 1 heterocycles. The van der Waals surface area contributed by atoms with E-state index in [1.807, 2.05) is 25.7 Å². The van der Waals surface area contributed by atoms with Crippen LogP contribution in [0.25, 0.3) is 0 Å². The van der Waals surface area contributed by atoms with Gasteiger partial charge < -0.3 is 5.11 Å². The molecule has 0 aromatic rings. The highest BCUT2D eigenvalue weighted by Crippen LogP contribution is 2.27. The Morgan fingerprint density at radius 3 is 2.18 bits per heavy atom. The van der Waals surface area contributed by atoms with Crippen molar-refractivity contribution in [2.24, 2.45) is 0 Å². The summed E-state index contributed by atoms with van der Waals surface area (Å²) in [6.45, 7) is 7.05. The van der Waals surface area contributed by atoms with Crippen molar-refractivity contribution >= 4 is 5.97 Å². The van der Waals surface area contributed by atoms with Crippen LogP contribution in [0.4, 0.5) is 0 Å². The largest absolute Gasteiger partial charge is 0.480 e. The monoisotopic (exact) mass is 157 g/mol. The van der Waals surface area contributed by atoms with Crippen LogP contribution in [0.3, 0.4) is 0 Å². The highest BCUT2D eigenvalue weighted by Gasteiger charge is 2.40. The molecule has 0 bridgehead atoms. The third-order valence-corrected chi connectivity index (χ3v) is 2.17. The van der Waals surface area contributed by atoms with Crippen LogP contribution in [-0.4, -0.2) is 34.1 Å². The first-order chi connectivity index (χ1) is 4.93. The summed E-state index contributed by atoms with van der Waals surface area (Å²) in [4.78, 5) is 12.6. The van der Waals surface area contributed by atoms with E-state index in [0.717, 1.165) is 13.0 Å². The second-order valence-corrected chi connectivity index (χ2v) is 4.01. The van der Waals surface area contributed by atoms with Gasteiger partial charge in [-0.05, 0) is 27.2 Å². The van der Waals surface area contributed by atoms with Gasteiger partial charge in [-0.3, -0.25) is 9.69 Å². The molecule has 0 aromatic heterocycles. The second-order valence-electron chi connectivity index (χ2n) is 4.01. The lowest BCUT2D eigenvalue weighted by Crippen LogP contribution is -2.60. The van der Waals surface area contributed by atoms with E-state index in [4.69, 9.17) is 5.11 Å². The summed E-state index contributed by atoms with van der Waals surface area (Å²) in [6, 6.07) is -0.241. The first-order valence-electron chi connectivity index (χ1n) is 3.92. The summed E-state index contributed by atoms with van der Waals surface area (Å²) in [5.41, 5.74) is 0.00130. The van der Waals surface area contributed by atoms with Crippen molar-refractivity contribution in [3.05, 3.63) is 0 Å². The van der Waals surface area contributed by atoms with Crippen molar-refractivity contribution in [3.63, 3.8) is 0 Å². The predicted octanol–water partition coefficient (Wildman–Crippen LogP) is 0.944. The van der Waals surface area contributed by atoms with E-state index in [1.54, 1.807) is 0 Å². The van der Waals surface area contributed by atoms with Gasteiger partial charge in [0.15, 0.2) is 0 Å². The smallest absolute Gasteiger partial charge is 0.320 e. The van der Waals surface area contributed by atoms with Crippen LogP contribution < -0.4 is 0 Å². The number of aliphatic carboxylic acids is 1. The molecule has 1 fully saturated rings. The molecule has 1 aliphatic heterocycles. The average molecular weight is 157 g/mol. The van der Waals surface area contributed by atoms with Crippen LogP contribution >= 0.6 is 0 Å². The number of rotatable bonds is 1. The average Bonchev–Trinajstić information content (AvgIpc) is 1.51. The van der Waals surface area contributed by atoms with E-state index < -0.39 is 5.97 Å². The first kappa shape index (κ1) is 8.53. The molecular formula is C8H15NO2. The molecule has 64 valence electrons. The quantitative estimate of drug-likeness (QED) is 0.616. The summed E-state index contributed by atoms with van der Waals surface area (Å²) in [5, 5.41) is 8.73. The standard InChI is InChI=1S/C8H15NO2/c1-8(2,3)9-5-4-6(9)7(10)11/h6H,4-5H2,1-3H3,(H,10,11). The summed E-state index contributed by atoms with van der Waals surface area (Å²) in [7, 11) is 0. The molecule has 0 aliphatic carbocycles. The Morgan fingerprint density at radius 2 is 2.09 bits per heavy atom. The lowest BCUT2D eigenvalue weighted by molar-refractivity contribution is -0.152. The molecule has 0 radical (unpaired) electrons. The Labute approximate surface area is 67.0 Å². The van der Waals surface area contributed by atoms with Crippen LogP contribution in [0.5, 0.6) is 0 Å². The normalized spacial score (nSPS) is 26.3. The van der Waals surface area contributed by atoms with Gasteiger partial charge in [-0.15, -0.1) is 0 Å². The van der Waals surface area contributed by atoms with Crippen LogP contribution in [-0.2, 0) is 4.79 Å². The van der Waals surface area contributed by atoms with Crippen LogP contribution in [0, 0.1) is 0 Å². The molecule has 3 nitrogen and oxygen atoms in total. The highest BCUT2D eigenvalue weighted by molar-refractivity contribution is 5.74. The number of likely N-dealkylation sites (tertiary alicyclic amines) is 1. The van der Waals surface area contributed by atoms with Gasteiger partial charge in [0.05, 0.1) is 0 Å². The van der Waals surface area contributed by atoms with E-state index in [1.165, 1.54) is 0 Å². The van der Waals surface area contributed by atoms with Gasteiger partial charge in [0, 0.05) is 12.1 Å². The van der Waals surface area contributed by atoms with E-state index in [0.29, 0.717) is 0 Å². The van der Waals surface area contributed by atoms with Crippen molar-refractivity contribution < 1.29 is 9.90 Å². The lowest BCUT2D eigenvalue weighted by atomic mass is 9.93. The van der Waals surface area contributed by atoms with Gasteiger partial charge in [0.25, 0.3) is 0 Å². The van der Waals surface area contributed by atoms with Crippen molar-refractivity contribution in [1.82, 2.24) is 4.90 Å². The summed E-state index contributed by atoms with van der Waals surface area (Å²) in [6.07, 6.45) is 0.798. The number of nitrogens with zero attached hydrogens (tertiary/aromatic N) is 1. The number of hydrogen-bond acceptors (Lipinski definition) is 2.